The van der Waals surface area contributed by atoms with Crippen molar-refractivity contribution in [3.63, 3.8) is 0 Å². The van der Waals surface area contributed by atoms with Gasteiger partial charge >= 0.3 is 0 Å². The molecule has 124 valence electrons. The first-order valence-electron chi connectivity index (χ1n) is 6.94. The summed E-state index contributed by atoms with van der Waals surface area (Å²) in [6.07, 6.45) is 5.43. The molecule has 1 aromatic rings. The molecule has 0 aliphatic heterocycles. The summed E-state index contributed by atoms with van der Waals surface area (Å²) >= 11 is 5.75. The van der Waals surface area contributed by atoms with Crippen LogP contribution >= 0.6 is 22.3 Å². The first-order chi connectivity index (χ1) is 10.2. The van der Waals surface area contributed by atoms with E-state index in [-0.39, 0.29) is 9.92 Å². The second-order valence-electron chi connectivity index (χ2n) is 5.39. The van der Waals surface area contributed by atoms with Crippen molar-refractivity contribution in [2.75, 3.05) is 6.54 Å². The third-order valence-corrected chi connectivity index (χ3v) is 6.99. The monoisotopic (exact) mass is 385 g/mol. The van der Waals surface area contributed by atoms with Crippen LogP contribution in [0.2, 0.25) is 5.02 Å². The van der Waals surface area contributed by atoms with Gasteiger partial charge in [0.15, 0.2) is 0 Å². The number of hydrogen-bond donors (Lipinski definition) is 1. The molecule has 1 fully saturated rings. The first kappa shape index (κ1) is 18.0. The van der Waals surface area contributed by atoms with Crippen LogP contribution in [0.25, 0.3) is 0 Å². The van der Waals surface area contributed by atoms with Gasteiger partial charge < -0.3 is 0 Å². The Morgan fingerprint density at radius 2 is 1.73 bits per heavy atom. The third-order valence-electron chi connectivity index (χ3n) is 3.76. The fourth-order valence-electron chi connectivity index (χ4n) is 2.54. The van der Waals surface area contributed by atoms with Gasteiger partial charge in [-0.3, -0.25) is 0 Å². The van der Waals surface area contributed by atoms with Crippen molar-refractivity contribution >= 4 is 41.4 Å². The fraction of sp³-hybridized carbons (Fsp3) is 0.538. The minimum absolute atomic E-state index is 0.110. The molecule has 1 aromatic carbocycles. The average molecular weight is 386 g/mol. The van der Waals surface area contributed by atoms with Gasteiger partial charge in [-0.15, -0.1) is 0 Å². The van der Waals surface area contributed by atoms with E-state index in [0.717, 1.165) is 31.7 Å². The number of hydrogen-bond acceptors (Lipinski definition) is 4. The van der Waals surface area contributed by atoms with E-state index >= 15 is 0 Å². The normalized spacial score (nSPS) is 17.5. The van der Waals surface area contributed by atoms with E-state index in [1.165, 1.54) is 18.6 Å². The zero-order valence-corrected chi connectivity index (χ0v) is 14.9. The summed E-state index contributed by atoms with van der Waals surface area (Å²) in [7, 11) is -2.64. The van der Waals surface area contributed by atoms with Gasteiger partial charge in [-0.25, -0.2) is 21.6 Å². The minimum atomic E-state index is -4.10. The molecule has 2 rings (SSSR count). The van der Waals surface area contributed by atoms with Gasteiger partial charge in [0.1, 0.15) is 4.90 Å². The molecule has 0 amide bonds. The lowest BCUT2D eigenvalue weighted by Gasteiger charge is -2.21. The summed E-state index contributed by atoms with van der Waals surface area (Å²) < 4.78 is 49.9. The van der Waals surface area contributed by atoms with E-state index in [1.54, 1.807) is 0 Å². The van der Waals surface area contributed by atoms with Crippen molar-refractivity contribution in [2.24, 2.45) is 5.92 Å². The Labute approximate surface area is 140 Å². The molecule has 0 heterocycles. The van der Waals surface area contributed by atoms with Gasteiger partial charge in [0.2, 0.25) is 10.0 Å². The lowest BCUT2D eigenvalue weighted by molar-refractivity contribution is 0.357. The topological polar surface area (TPSA) is 80.3 Å². The second-order valence-corrected chi connectivity index (χ2v) is 10.1. The Balaban J connectivity index is 2.18. The highest BCUT2D eigenvalue weighted by Crippen LogP contribution is 2.28. The minimum Gasteiger partial charge on any atom is -0.211 e. The maximum absolute atomic E-state index is 12.3. The molecule has 5 nitrogen and oxygen atoms in total. The number of sulfonamides is 1. The van der Waals surface area contributed by atoms with Crippen LogP contribution < -0.4 is 4.72 Å². The largest absolute Gasteiger partial charge is 0.262 e. The van der Waals surface area contributed by atoms with Gasteiger partial charge in [0.05, 0.1) is 9.92 Å². The van der Waals surface area contributed by atoms with Crippen LogP contribution in [0.15, 0.2) is 28.0 Å². The van der Waals surface area contributed by atoms with Gasteiger partial charge in [0, 0.05) is 17.2 Å². The van der Waals surface area contributed by atoms with Crippen LogP contribution in [0.5, 0.6) is 0 Å². The zero-order valence-electron chi connectivity index (χ0n) is 11.8. The molecule has 0 atom stereocenters. The molecule has 1 saturated carbocycles. The van der Waals surface area contributed by atoms with E-state index < -0.39 is 24.0 Å². The highest BCUT2D eigenvalue weighted by atomic mass is 35.7. The Kier molecular flexibility index (Phi) is 5.77. The molecule has 1 aliphatic rings. The molecule has 9 heteroatoms. The fourth-order valence-corrected chi connectivity index (χ4v) is 5.25. The molecule has 0 saturated heterocycles. The van der Waals surface area contributed by atoms with Gasteiger partial charge in [-0.1, -0.05) is 30.9 Å². The quantitative estimate of drug-likeness (QED) is 0.789. The number of benzene rings is 1. The van der Waals surface area contributed by atoms with Gasteiger partial charge in [-0.2, -0.15) is 0 Å². The van der Waals surface area contributed by atoms with Crippen molar-refractivity contribution < 1.29 is 16.8 Å². The van der Waals surface area contributed by atoms with Crippen LogP contribution in [0.1, 0.15) is 32.1 Å². The molecular weight excluding hydrogens is 369 g/mol. The van der Waals surface area contributed by atoms with Crippen LogP contribution in [-0.2, 0) is 19.1 Å². The van der Waals surface area contributed by atoms with Crippen molar-refractivity contribution in [2.45, 2.75) is 41.9 Å². The van der Waals surface area contributed by atoms with E-state index in [0.29, 0.717) is 12.5 Å². The van der Waals surface area contributed by atoms with Crippen LogP contribution in [-0.4, -0.2) is 23.4 Å². The maximum atomic E-state index is 12.3. The molecule has 0 aromatic heterocycles. The lowest BCUT2D eigenvalue weighted by Crippen LogP contribution is -2.30. The van der Waals surface area contributed by atoms with Crippen LogP contribution in [0.4, 0.5) is 0 Å². The Hall–Kier alpha value is -0.340. The predicted octanol–water partition coefficient (Wildman–Crippen LogP) is 3.13. The molecular formula is C13H17Cl2NO4S2. The number of halogens is 2. The SMILES string of the molecule is O=S(=O)(Cl)c1cc(S(=O)(=O)NCC2CCCCC2)ccc1Cl. The van der Waals surface area contributed by atoms with E-state index in [1.807, 2.05) is 0 Å². The van der Waals surface area contributed by atoms with Gasteiger partial charge in [0.25, 0.3) is 9.05 Å². The average Bonchev–Trinajstić information content (AvgIpc) is 2.45. The zero-order chi connectivity index (χ0) is 16.4. The van der Waals surface area contributed by atoms with E-state index in [2.05, 4.69) is 4.72 Å². The molecule has 1 N–H and O–H groups in total. The molecule has 0 bridgehead atoms. The highest BCUT2D eigenvalue weighted by molar-refractivity contribution is 8.13. The number of nitrogens with one attached hydrogen (secondary N) is 1. The summed E-state index contributed by atoms with van der Waals surface area (Å²) in [4.78, 5) is -0.566. The smallest absolute Gasteiger partial charge is 0.211 e. The molecule has 0 unspecified atom stereocenters. The van der Waals surface area contributed by atoms with Crippen molar-refractivity contribution in [1.29, 1.82) is 0 Å². The standard InChI is InChI=1S/C13H17Cl2NO4S2/c14-12-7-6-11(8-13(12)21(15,17)18)22(19,20)16-9-10-4-2-1-3-5-10/h6-8,10,16H,1-5,9H2. The summed E-state index contributed by atoms with van der Waals surface area (Å²) in [6, 6.07) is 3.46. The summed E-state index contributed by atoms with van der Waals surface area (Å²) in [6.45, 7) is 0.355. The maximum Gasteiger partial charge on any atom is 0.262 e. The second kappa shape index (κ2) is 7.05. The Morgan fingerprint density at radius 3 is 2.32 bits per heavy atom. The number of rotatable bonds is 5. The van der Waals surface area contributed by atoms with E-state index in [4.69, 9.17) is 22.3 Å². The predicted molar refractivity (Wildman–Crippen MR) is 86.3 cm³/mol. The molecule has 22 heavy (non-hydrogen) atoms. The third kappa shape index (κ3) is 4.58. The van der Waals surface area contributed by atoms with Crippen LogP contribution in [0.3, 0.4) is 0 Å². The molecule has 0 spiro atoms. The Morgan fingerprint density at radius 1 is 1.09 bits per heavy atom. The van der Waals surface area contributed by atoms with Crippen molar-refractivity contribution in [3.05, 3.63) is 23.2 Å². The van der Waals surface area contributed by atoms with Crippen molar-refractivity contribution in [1.82, 2.24) is 4.72 Å². The van der Waals surface area contributed by atoms with Crippen molar-refractivity contribution in [3.8, 4) is 0 Å². The molecule has 1 aliphatic carbocycles. The Bertz CT molecular complexity index is 741. The van der Waals surface area contributed by atoms with Crippen LogP contribution in [0, 0.1) is 5.92 Å². The molecule has 0 radical (unpaired) electrons. The summed E-state index contributed by atoms with van der Waals surface area (Å²) in [5.74, 6) is 0.326. The highest BCUT2D eigenvalue weighted by Gasteiger charge is 2.22. The van der Waals surface area contributed by atoms with Gasteiger partial charge in [-0.05, 0) is 37.0 Å². The summed E-state index contributed by atoms with van der Waals surface area (Å²) in [5, 5.41) is -0.110. The van der Waals surface area contributed by atoms with E-state index in [9.17, 15) is 16.8 Å². The lowest BCUT2D eigenvalue weighted by atomic mass is 9.90. The first-order valence-corrected chi connectivity index (χ1v) is 11.1. The summed E-state index contributed by atoms with van der Waals surface area (Å²) in [5.41, 5.74) is 0.